The molecule has 0 radical (unpaired) electrons. The van der Waals surface area contributed by atoms with Crippen LogP contribution in [0, 0.1) is 0 Å². The molecule has 2 aromatic rings. The Labute approximate surface area is 177 Å². The number of allylic oxidation sites excluding steroid dienone is 2. The van der Waals surface area contributed by atoms with E-state index in [-0.39, 0.29) is 24.8 Å². The molecule has 26 heavy (non-hydrogen) atoms. The molecule has 4 rings (SSSR count). The second-order valence-electron chi connectivity index (χ2n) is 7.36. The van der Waals surface area contributed by atoms with Crippen molar-refractivity contribution in [2.45, 2.75) is 35.0 Å². The van der Waals surface area contributed by atoms with Gasteiger partial charge in [-0.2, -0.15) is 0 Å². The Morgan fingerprint density at radius 3 is 1.46 bits per heavy atom. The molecule has 0 amide bonds. The minimum atomic E-state index is -2.15. The van der Waals surface area contributed by atoms with Crippen molar-refractivity contribution in [3.8, 4) is 0 Å². The van der Waals surface area contributed by atoms with Crippen LogP contribution in [0.2, 0.25) is 0 Å². The van der Waals surface area contributed by atoms with E-state index in [0.717, 1.165) is 0 Å². The summed E-state index contributed by atoms with van der Waals surface area (Å²) in [5, 5.41) is 0. The SMILES string of the molecule is CC1=Cc2ccccc2[CH]1[Hf+2](=[C](C)C)[CH]1C(C)=Cc2ccccc21.[Cl-].[Cl-]. The van der Waals surface area contributed by atoms with E-state index in [4.69, 9.17) is 0 Å². The maximum Gasteiger partial charge on any atom is -1.00 e. The first kappa shape index (κ1) is 21.5. The van der Waals surface area contributed by atoms with Gasteiger partial charge in [0.1, 0.15) is 0 Å². The molecule has 2 aliphatic carbocycles. The van der Waals surface area contributed by atoms with Gasteiger partial charge >= 0.3 is 153 Å². The average molecular weight is 550 g/mol. The monoisotopic (exact) mass is 550 g/mol. The van der Waals surface area contributed by atoms with Crippen molar-refractivity contribution in [1.82, 2.24) is 0 Å². The fourth-order valence-corrected chi connectivity index (χ4v) is 18.3. The van der Waals surface area contributed by atoms with Gasteiger partial charge in [-0.3, -0.25) is 0 Å². The molecule has 0 aliphatic heterocycles. The van der Waals surface area contributed by atoms with Crippen molar-refractivity contribution in [3.05, 3.63) is 81.9 Å². The van der Waals surface area contributed by atoms with Crippen LogP contribution in [0.4, 0.5) is 0 Å². The maximum absolute atomic E-state index is 2.44. The van der Waals surface area contributed by atoms with Crippen LogP contribution in [-0.4, -0.2) is 3.26 Å². The third-order valence-corrected chi connectivity index (χ3v) is 19.6. The summed E-state index contributed by atoms with van der Waals surface area (Å²) in [4.78, 5) is 0. The van der Waals surface area contributed by atoms with Gasteiger partial charge in [-0.05, 0) is 0 Å². The van der Waals surface area contributed by atoms with Crippen molar-refractivity contribution in [2.24, 2.45) is 0 Å². The second-order valence-corrected chi connectivity index (χ2v) is 18.4. The molecule has 0 bridgehead atoms. The molecule has 0 N–H and O–H groups in total. The molecule has 2 unspecified atom stereocenters. The van der Waals surface area contributed by atoms with Gasteiger partial charge in [-0.25, -0.2) is 0 Å². The van der Waals surface area contributed by atoms with Crippen LogP contribution >= 0.6 is 0 Å². The Morgan fingerprint density at radius 2 is 1.08 bits per heavy atom. The van der Waals surface area contributed by atoms with Crippen molar-refractivity contribution in [1.29, 1.82) is 0 Å². The fraction of sp³-hybridized carbons (Fsp3) is 0.261. The molecule has 0 spiro atoms. The first-order valence-corrected chi connectivity index (χ1v) is 14.7. The third-order valence-electron chi connectivity index (χ3n) is 5.49. The minimum absolute atomic E-state index is 0. The molecule has 0 aromatic heterocycles. The van der Waals surface area contributed by atoms with Crippen molar-refractivity contribution < 1.29 is 45.8 Å². The summed E-state index contributed by atoms with van der Waals surface area (Å²) >= 11 is -2.15. The zero-order valence-corrected chi connectivity index (χ0v) is 20.8. The molecule has 0 saturated carbocycles. The largest absolute Gasteiger partial charge is 1.00 e. The zero-order chi connectivity index (χ0) is 16.8. The van der Waals surface area contributed by atoms with Gasteiger partial charge in [-0.15, -0.1) is 0 Å². The summed E-state index contributed by atoms with van der Waals surface area (Å²) in [6, 6.07) is 18.1. The average Bonchev–Trinajstić information content (AvgIpc) is 3.05. The van der Waals surface area contributed by atoms with E-state index in [9.17, 15) is 0 Å². The molecule has 2 aromatic carbocycles. The molecular weight excluding hydrogens is 526 g/mol. The summed E-state index contributed by atoms with van der Waals surface area (Å²) in [7, 11) is 0. The molecule has 0 nitrogen and oxygen atoms in total. The predicted molar refractivity (Wildman–Crippen MR) is 102 cm³/mol. The van der Waals surface area contributed by atoms with Crippen molar-refractivity contribution in [3.63, 3.8) is 0 Å². The Hall–Kier alpha value is -0.760. The van der Waals surface area contributed by atoms with Gasteiger partial charge in [-0.1, -0.05) is 0 Å². The minimum Gasteiger partial charge on any atom is -1.00 e. The van der Waals surface area contributed by atoms with Crippen LogP contribution < -0.4 is 24.8 Å². The number of fused-ring (bicyclic) bond motifs is 2. The molecule has 0 fully saturated rings. The molecule has 3 heteroatoms. The van der Waals surface area contributed by atoms with E-state index < -0.39 is 21.0 Å². The van der Waals surface area contributed by atoms with E-state index in [1.54, 1.807) is 25.5 Å². The van der Waals surface area contributed by atoms with E-state index in [0.29, 0.717) is 7.35 Å². The summed E-state index contributed by atoms with van der Waals surface area (Å²) in [6.07, 6.45) is 4.88. The topological polar surface area (TPSA) is 0 Å². The molecule has 0 heterocycles. The van der Waals surface area contributed by atoms with Crippen LogP contribution in [0.3, 0.4) is 0 Å². The van der Waals surface area contributed by atoms with E-state index >= 15 is 0 Å². The number of halogens is 2. The molecule has 2 aliphatic rings. The van der Waals surface area contributed by atoms with Crippen molar-refractivity contribution in [2.75, 3.05) is 0 Å². The number of benzene rings is 2. The maximum atomic E-state index is 2.44. The summed E-state index contributed by atoms with van der Waals surface area (Å²) in [5.74, 6) is 0. The third kappa shape index (κ3) is 3.51. The van der Waals surface area contributed by atoms with Gasteiger partial charge in [0, 0.05) is 0 Å². The fourth-order valence-electron chi connectivity index (χ4n) is 4.53. The van der Waals surface area contributed by atoms with Crippen LogP contribution in [0.5, 0.6) is 0 Å². The summed E-state index contributed by atoms with van der Waals surface area (Å²) in [5.41, 5.74) is 9.29. The van der Waals surface area contributed by atoms with Crippen LogP contribution in [0.25, 0.3) is 12.2 Å². The van der Waals surface area contributed by atoms with Crippen molar-refractivity contribution >= 4 is 15.4 Å². The quantitative estimate of drug-likeness (QED) is 0.468. The van der Waals surface area contributed by atoms with Gasteiger partial charge in [0.15, 0.2) is 0 Å². The zero-order valence-electron chi connectivity index (χ0n) is 15.7. The Balaban J connectivity index is 0.00000121. The Morgan fingerprint density at radius 1 is 0.692 bits per heavy atom. The Bertz CT molecular complexity index is 848. The second kappa shape index (κ2) is 8.50. The molecule has 2 atom stereocenters. The van der Waals surface area contributed by atoms with Gasteiger partial charge in [0.25, 0.3) is 0 Å². The van der Waals surface area contributed by atoms with Gasteiger partial charge < -0.3 is 24.8 Å². The molecular formula is C23H24Cl2Hf. The summed E-state index contributed by atoms with van der Waals surface area (Å²) < 4.78 is 3.15. The van der Waals surface area contributed by atoms with Crippen LogP contribution in [-0.2, 0) is 21.0 Å². The van der Waals surface area contributed by atoms with E-state index in [1.807, 2.05) is 0 Å². The number of rotatable bonds is 2. The predicted octanol–water partition coefficient (Wildman–Crippen LogP) is 0.141. The number of hydrogen-bond donors (Lipinski definition) is 0. The van der Waals surface area contributed by atoms with E-state index in [2.05, 4.69) is 88.4 Å². The first-order chi connectivity index (χ1) is 11.6. The van der Waals surface area contributed by atoms with Gasteiger partial charge in [0.2, 0.25) is 0 Å². The van der Waals surface area contributed by atoms with Gasteiger partial charge in [0.05, 0.1) is 0 Å². The molecule has 134 valence electrons. The molecule has 0 saturated heterocycles. The number of hydrogen-bond acceptors (Lipinski definition) is 0. The van der Waals surface area contributed by atoms with E-state index in [1.165, 1.54) is 11.1 Å². The normalized spacial score (nSPS) is 19.0. The van der Waals surface area contributed by atoms with Crippen LogP contribution in [0.15, 0.2) is 59.7 Å². The first-order valence-electron chi connectivity index (χ1n) is 8.79. The van der Waals surface area contributed by atoms with Crippen LogP contribution in [0.1, 0.15) is 57.3 Å². The summed E-state index contributed by atoms with van der Waals surface area (Å²) in [6.45, 7) is 9.53. The smallest absolute Gasteiger partial charge is 1.00 e. The Kier molecular flexibility index (Phi) is 7.04. The standard InChI is InChI=1S/2C10H9.C3H6.2ClH.Hf/c2*1-8-6-9-4-2-3-5-10(9)7-8;1-3-2;;;/h2*2-7H,1H3;1-2H3;2*1H;/q;;;;;+2/p-2.